The van der Waals surface area contributed by atoms with Crippen LogP contribution in [0, 0.1) is 11.3 Å². The van der Waals surface area contributed by atoms with E-state index in [-0.39, 0.29) is 6.04 Å². The van der Waals surface area contributed by atoms with Crippen molar-refractivity contribution in [3.63, 3.8) is 0 Å². The lowest BCUT2D eigenvalue weighted by Gasteiger charge is -2.43. The van der Waals surface area contributed by atoms with Crippen LogP contribution in [0.4, 0.5) is 0 Å². The van der Waals surface area contributed by atoms with Crippen molar-refractivity contribution in [1.29, 1.82) is 0 Å². The molecule has 2 nitrogen and oxygen atoms in total. The summed E-state index contributed by atoms with van der Waals surface area (Å²) < 4.78 is 0. The maximum absolute atomic E-state index is 6.31. The van der Waals surface area contributed by atoms with Gasteiger partial charge in [-0.1, -0.05) is 56.5 Å². The van der Waals surface area contributed by atoms with Crippen LogP contribution in [0.2, 0.25) is 5.02 Å². The number of rotatable bonds is 3. The zero-order chi connectivity index (χ0) is 13.2. The van der Waals surface area contributed by atoms with Crippen molar-refractivity contribution in [3.05, 3.63) is 34.9 Å². The highest BCUT2D eigenvalue weighted by atomic mass is 35.5. The molecule has 0 heterocycles. The van der Waals surface area contributed by atoms with Gasteiger partial charge < -0.3 is 0 Å². The molecule has 2 unspecified atom stereocenters. The van der Waals surface area contributed by atoms with E-state index in [1.165, 1.54) is 25.7 Å². The van der Waals surface area contributed by atoms with Crippen LogP contribution in [-0.4, -0.2) is 0 Å². The van der Waals surface area contributed by atoms with Gasteiger partial charge in [-0.2, -0.15) is 0 Å². The van der Waals surface area contributed by atoms with Crippen molar-refractivity contribution in [2.24, 2.45) is 17.2 Å². The number of hydrazine groups is 1. The Kier molecular flexibility index (Phi) is 4.31. The lowest BCUT2D eigenvalue weighted by atomic mass is 9.65. The topological polar surface area (TPSA) is 38.0 Å². The number of nitrogens with one attached hydrogen (secondary N) is 1. The van der Waals surface area contributed by atoms with Crippen molar-refractivity contribution in [3.8, 4) is 0 Å². The summed E-state index contributed by atoms with van der Waals surface area (Å²) in [4.78, 5) is 0. The molecule has 2 atom stereocenters. The molecule has 0 radical (unpaired) electrons. The van der Waals surface area contributed by atoms with E-state index in [2.05, 4.69) is 25.3 Å². The minimum Gasteiger partial charge on any atom is -0.271 e. The van der Waals surface area contributed by atoms with Crippen molar-refractivity contribution in [1.82, 2.24) is 5.43 Å². The Morgan fingerprint density at radius 1 is 1.33 bits per heavy atom. The third-order valence-corrected chi connectivity index (χ3v) is 4.76. The summed E-state index contributed by atoms with van der Waals surface area (Å²) in [5.41, 5.74) is 4.44. The highest BCUT2D eigenvalue weighted by Crippen LogP contribution is 2.47. The van der Waals surface area contributed by atoms with Crippen LogP contribution in [0.5, 0.6) is 0 Å². The monoisotopic (exact) mass is 266 g/mol. The minimum atomic E-state index is 0.147. The summed E-state index contributed by atoms with van der Waals surface area (Å²) in [6.07, 6.45) is 5.09. The second-order valence-corrected chi connectivity index (χ2v) is 6.41. The first kappa shape index (κ1) is 13.9. The van der Waals surface area contributed by atoms with Gasteiger partial charge in [0, 0.05) is 5.02 Å². The zero-order valence-electron chi connectivity index (χ0n) is 11.2. The quantitative estimate of drug-likeness (QED) is 0.640. The number of benzene rings is 1. The van der Waals surface area contributed by atoms with E-state index in [0.29, 0.717) is 11.3 Å². The summed E-state index contributed by atoms with van der Waals surface area (Å²) in [5.74, 6) is 6.36. The molecule has 3 heteroatoms. The molecule has 0 saturated heterocycles. The average Bonchev–Trinajstić information content (AvgIpc) is 2.34. The van der Waals surface area contributed by atoms with Crippen LogP contribution in [0.3, 0.4) is 0 Å². The van der Waals surface area contributed by atoms with Crippen molar-refractivity contribution in [2.75, 3.05) is 0 Å². The van der Waals surface area contributed by atoms with E-state index in [4.69, 9.17) is 17.4 Å². The minimum absolute atomic E-state index is 0.147. The summed E-state index contributed by atoms with van der Waals surface area (Å²) in [5, 5.41) is 0.807. The predicted molar refractivity (Wildman–Crippen MR) is 77.3 cm³/mol. The Balaban J connectivity index is 2.31. The first-order valence-corrected chi connectivity index (χ1v) is 7.14. The molecular formula is C15H23ClN2. The molecule has 0 bridgehead atoms. The van der Waals surface area contributed by atoms with Gasteiger partial charge in [0.25, 0.3) is 0 Å². The molecule has 18 heavy (non-hydrogen) atoms. The largest absolute Gasteiger partial charge is 0.271 e. The van der Waals surface area contributed by atoms with E-state index in [1.807, 2.05) is 18.2 Å². The van der Waals surface area contributed by atoms with Gasteiger partial charge in [-0.25, -0.2) is 0 Å². The summed E-state index contributed by atoms with van der Waals surface area (Å²) in [6, 6.07) is 8.16. The van der Waals surface area contributed by atoms with Gasteiger partial charge in [-0.15, -0.1) is 0 Å². The molecule has 3 N–H and O–H groups in total. The lowest BCUT2D eigenvalue weighted by molar-refractivity contribution is 0.0983. The third kappa shape index (κ3) is 2.71. The fourth-order valence-electron chi connectivity index (χ4n) is 3.29. The van der Waals surface area contributed by atoms with Gasteiger partial charge in [-0.05, 0) is 35.8 Å². The SMILES string of the molecule is CC1(C)CCCCC1C(NN)c1ccccc1Cl. The van der Waals surface area contributed by atoms with Crippen LogP contribution in [0.15, 0.2) is 24.3 Å². The number of hydrogen-bond donors (Lipinski definition) is 2. The third-order valence-electron chi connectivity index (χ3n) is 4.41. The van der Waals surface area contributed by atoms with E-state index in [0.717, 1.165) is 10.6 Å². The Morgan fingerprint density at radius 2 is 2.06 bits per heavy atom. The second kappa shape index (κ2) is 5.60. The first-order valence-electron chi connectivity index (χ1n) is 6.77. The van der Waals surface area contributed by atoms with Crippen molar-refractivity contribution in [2.45, 2.75) is 45.6 Å². The van der Waals surface area contributed by atoms with Crippen LogP contribution in [-0.2, 0) is 0 Å². The standard InChI is InChI=1S/C15H23ClN2/c1-15(2)10-6-5-8-12(15)14(18-17)11-7-3-4-9-13(11)16/h3-4,7,9,12,14,18H,5-6,8,10,17H2,1-2H3. The Hall–Kier alpha value is -0.570. The van der Waals surface area contributed by atoms with E-state index < -0.39 is 0 Å². The molecule has 1 aliphatic carbocycles. The molecule has 1 fully saturated rings. The molecule has 0 aliphatic heterocycles. The second-order valence-electron chi connectivity index (χ2n) is 6.01. The van der Waals surface area contributed by atoms with Crippen molar-refractivity contribution >= 4 is 11.6 Å². The molecule has 100 valence electrons. The summed E-state index contributed by atoms with van der Waals surface area (Å²) >= 11 is 6.31. The number of hydrogen-bond acceptors (Lipinski definition) is 2. The molecule has 0 spiro atoms. The van der Waals surface area contributed by atoms with Crippen LogP contribution < -0.4 is 11.3 Å². The maximum Gasteiger partial charge on any atom is 0.0507 e. The van der Waals surface area contributed by atoms with Gasteiger partial charge >= 0.3 is 0 Å². The van der Waals surface area contributed by atoms with E-state index in [1.54, 1.807) is 0 Å². The van der Waals surface area contributed by atoms with Gasteiger partial charge in [-0.3, -0.25) is 11.3 Å². The van der Waals surface area contributed by atoms with Crippen LogP contribution in [0.25, 0.3) is 0 Å². The van der Waals surface area contributed by atoms with Crippen LogP contribution >= 0.6 is 11.6 Å². The first-order chi connectivity index (χ1) is 8.56. The summed E-state index contributed by atoms with van der Waals surface area (Å²) in [7, 11) is 0. The molecule has 1 saturated carbocycles. The normalized spacial score (nSPS) is 24.8. The molecule has 0 amide bonds. The Labute approximate surface area is 115 Å². The van der Waals surface area contributed by atoms with Crippen LogP contribution in [0.1, 0.15) is 51.1 Å². The summed E-state index contributed by atoms with van der Waals surface area (Å²) in [6.45, 7) is 4.69. The Morgan fingerprint density at radius 3 is 2.67 bits per heavy atom. The lowest BCUT2D eigenvalue weighted by Crippen LogP contribution is -2.41. The molecule has 1 aromatic rings. The van der Waals surface area contributed by atoms with Gasteiger partial charge in [0.1, 0.15) is 0 Å². The smallest absolute Gasteiger partial charge is 0.0507 e. The molecule has 0 aromatic heterocycles. The fraction of sp³-hybridized carbons (Fsp3) is 0.600. The number of halogens is 1. The highest BCUT2D eigenvalue weighted by molar-refractivity contribution is 6.31. The van der Waals surface area contributed by atoms with E-state index >= 15 is 0 Å². The molecule has 2 rings (SSSR count). The zero-order valence-corrected chi connectivity index (χ0v) is 12.0. The molecule has 1 aromatic carbocycles. The Bertz CT molecular complexity index is 403. The van der Waals surface area contributed by atoms with Gasteiger partial charge in [0.15, 0.2) is 0 Å². The van der Waals surface area contributed by atoms with Gasteiger partial charge in [0.2, 0.25) is 0 Å². The van der Waals surface area contributed by atoms with Crippen molar-refractivity contribution < 1.29 is 0 Å². The fourth-order valence-corrected chi connectivity index (χ4v) is 3.54. The van der Waals surface area contributed by atoms with Gasteiger partial charge in [0.05, 0.1) is 6.04 Å². The highest BCUT2D eigenvalue weighted by Gasteiger charge is 2.38. The predicted octanol–water partition coefficient (Wildman–Crippen LogP) is 4.06. The average molecular weight is 267 g/mol. The molecule has 1 aliphatic rings. The maximum atomic E-state index is 6.31. The molecular weight excluding hydrogens is 244 g/mol. The number of nitrogens with two attached hydrogens (primary N) is 1. The van der Waals surface area contributed by atoms with E-state index in [9.17, 15) is 0 Å².